The van der Waals surface area contributed by atoms with Crippen LogP contribution in [-0.4, -0.2) is 28.0 Å². The van der Waals surface area contributed by atoms with Crippen LogP contribution in [0, 0.1) is 0 Å². The Kier molecular flexibility index (Phi) is 3.88. The van der Waals surface area contributed by atoms with Crippen molar-refractivity contribution < 1.29 is 0 Å². The second kappa shape index (κ2) is 5.80. The van der Waals surface area contributed by atoms with Gasteiger partial charge in [-0.05, 0) is 25.0 Å². The van der Waals surface area contributed by atoms with Crippen LogP contribution in [0.4, 0.5) is 17.8 Å². The molecule has 2 aromatic rings. The van der Waals surface area contributed by atoms with Gasteiger partial charge in [0.05, 0.1) is 10.9 Å². The van der Waals surface area contributed by atoms with Crippen molar-refractivity contribution >= 4 is 40.8 Å². The predicted octanol–water partition coefficient (Wildman–Crippen LogP) is 2.38. The van der Waals surface area contributed by atoms with Gasteiger partial charge in [-0.25, -0.2) is 0 Å². The zero-order valence-electron chi connectivity index (χ0n) is 10.8. The van der Waals surface area contributed by atoms with Crippen LogP contribution in [0.2, 0.25) is 4.34 Å². The lowest BCUT2D eigenvalue weighted by atomic mass is 10.4. The first-order valence-electron chi connectivity index (χ1n) is 6.45. The Morgan fingerprint density at radius 3 is 2.75 bits per heavy atom. The monoisotopic (exact) mass is 310 g/mol. The van der Waals surface area contributed by atoms with Crippen LogP contribution < -0.4 is 16.0 Å². The molecular weight excluding hydrogens is 296 g/mol. The molecule has 6 nitrogen and oxygen atoms in total. The van der Waals surface area contributed by atoms with Gasteiger partial charge in [-0.1, -0.05) is 11.6 Å². The zero-order chi connectivity index (χ0) is 13.9. The quantitative estimate of drug-likeness (QED) is 0.902. The van der Waals surface area contributed by atoms with Gasteiger partial charge in [0.2, 0.25) is 17.8 Å². The van der Waals surface area contributed by atoms with E-state index in [1.54, 1.807) is 0 Å². The molecule has 3 heterocycles. The van der Waals surface area contributed by atoms with Crippen molar-refractivity contribution in [2.24, 2.45) is 0 Å². The number of halogens is 1. The first-order chi connectivity index (χ1) is 9.70. The number of nitrogen functional groups attached to an aromatic ring is 1. The van der Waals surface area contributed by atoms with Crippen LogP contribution in [0.5, 0.6) is 0 Å². The fraction of sp³-hybridized carbons (Fsp3) is 0.417. The third-order valence-corrected chi connectivity index (χ3v) is 4.31. The topological polar surface area (TPSA) is 80.0 Å². The van der Waals surface area contributed by atoms with Crippen molar-refractivity contribution in [3.8, 4) is 0 Å². The molecule has 0 aliphatic carbocycles. The van der Waals surface area contributed by atoms with Crippen molar-refractivity contribution in [3.63, 3.8) is 0 Å². The number of nitrogens with one attached hydrogen (secondary N) is 1. The van der Waals surface area contributed by atoms with Gasteiger partial charge in [-0.2, -0.15) is 15.0 Å². The van der Waals surface area contributed by atoms with Crippen LogP contribution >= 0.6 is 22.9 Å². The molecule has 3 N–H and O–H groups in total. The number of thiophene rings is 1. The normalized spacial score (nSPS) is 14.8. The number of anilines is 3. The summed E-state index contributed by atoms with van der Waals surface area (Å²) in [6.07, 6.45) is 2.34. The minimum Gasteiger partial charge on any atom is -0.368 e. The smallest absolute Gasteiger partial charge is 0.231 e. The molecule has 1 saturated heterocycles. The highest BCUT2D eigenvalue weighted by atomic mass is 35.5. The van der Waals surface area contributed by atoms with Crippen molar-refractivity contribution in [1.82, 2.24) is 15.0 Å². The molecular formula is C12H15ClN6S. The Labute approximate surface area is 126 Å². The molecule has 0 atom stereocenters. The van der Waals surface area contributed by atoms with Crippen molar-refractivity contribution in [3.05, 3.63) is 21.3 Å². The molecule has 3 rings (SSSR count). The summed E-state index contributed by atoms with van der Waals surface area (Å²) in [5.74, 6) is 1.40. The van der Waals surface area contributed by atoms with Crippen LogP contribution in [-0.2, 0) is 6.54 Å². The van der Waals surface area contributed by atoms with Crippen molar-refractivity contribution in [2.75, 3.05) is 29.0 Å². The van der Waals surface area contributed by atoms with E-state index in [2.05, 4.69) is 25.2 Å². The molecule has 8 heteroatoms. The number of aromatic nitrogens is 3. The Morgan fingerprint density at radius 1 is 1.25 bits per heavy atom. The van der Waals surface area contributed by atoms with E-state index in [4.69, 9.17) is 17.3 Å². The number of rotatable bonds is 4. The van der Waals surface area contributed by atoms with E-state index < -0.39 is 0 Å². The van der Waals surface area contributed by atoms with Crippen LogP contribution in [0.25, 0.3) is 0 Å². The molecule has 0 amide bonds. The van der Waals surface area contributed by atoms with Crippen LogP contribution in [0.15, 0.2) is 12.1 Å². The zero-order valence-corrected chi connectivity index (χ0v) is 12.4. The van der Waals surface area contributed by atoms with E-state index in [1.165, 1.54) is 24.2 Å². The van der Waals surface area contributed by atoms with Crippen LogP contribution in [0.1, 0.15) is 17.7 Å². The average Bonchev–Trinajstić information content (AvgIpc) is 3.07. The molecule has 106 valence electrons. The minimum atomic E-state index is 0.244. The van der Waals surface area contributed by atoms with Gasteiger partial charge in [-0.3, -0.25) is 0 Å². The van der Waals surface area contributed by atoms with Gasteiger partial charge in [0.15, 0.2) is 0 Å². The van der Waals surface area contributed by atoms with E-state index in [0.29, 0.717) is 18.4 Å². The maximum atomic E-state index is 5.90. The fourth-order valence-corrected chi connectivity index (χ4v) is 3.16. The number of hydrogen-bond donors (Lipinski definition) is 2. The Hall–Kier alpha value is -1.60. The van der Waals surface area contributed by atoms with E-state index >= 15 is 0 Å². The number of hydrogen-bond acceptors (Lipinski definition) is 7. The molecule has 0 bridgehead atoms. The summed E-state index contributed by atoms with van der Waals surface area (Å²) in [6, 6.07) is 3.85. The lowest BCUT2D eigenvalue weighted by Crippen LogP contribution is -2.22. The van der Waals surface area contributed by atoms with E-state index in [9.17, 15) is 0 Å². The fourth-order valence-electron chi connectivity index (χ4n) is 2.13. The number of nitrogens with zero attached hydrogens (tertiary/aromatic N) is 4. The largest absolute Gasteiger partial charge is 0.368 e. The minimum absolute atomic E-state index is 0.244. The molecule has 1 aliphatic rings. The maximum Gasteiger partial charge on any atom is 0.231 e. The predicted molar refractivity (Wildman–Crippen MR) is 82.3 cm³/mol. The molecule has 1 aliphatic heterocycles. The molecule has 20 heavy (non-hydrogen) atoms. The van der Waals surface area contributed by atoms with Gasteiger partial charge < -0.3 is 16.0 Å². The number of nitrogens with two attached hydrogens (primary N) is 1. The van der Waals surface area contributed by atoms with Crippen molar-refractivity contribution in [1.29, 1.82) is 0 Å². The lowest BCUT2D eigenvalue weighted by Gasteiger charge is -2.15. The highest BCUT2D eigenvalue weighted by Crippen LogP contribution is 2.22. The molecule has 0 aromatic carbocycles. The Balaban J connectivity index is 1.72. The summed E-state index contributed by atoms with van der Waals surface area (Å²) in [5.41, 5.74) is 5.75. The first-order valence-corrected chi connectivity index (χ1v) is 7.65. The Bertz CT molecular complexity index is 595. The lowest BCUT2D eigenvalue weighted by molar-refractivity contribution is 0.882. The summed E-state index contributed by atoms with van der Waals surface area (Å²) >= 11 is 7.43. The highest BCUT2D eigenvalue weighted by molar-refractivity contribution is 7.16. The highest BCUT2D eigenvalue weighted by Gasteiger charge is 2.16. The van der Waals surface area contributed by atoms with Gasteiger partial charge in [0, 0.05) is 18.0 Å². The Morgan fingerprint density at radius 2 is 2.05 bits per heavy atom. The summed E-state index contributed by atoms with van der Waals surface area (Å²) in [6.45, 7) is 2.58. The van der Waals surface area contributed by atoms with Crippen LogP contribution in [0.3, 0.4) is 0 Å². The van der Waals surface area contributed by atoms with Crippen molar-refractivity contribution in [2.45, 2.75) is 19.4 Å². The molecule has 0 saturated carbocycles. The summed E-state index contributed by atoms with van der Waals surface area (Å²) in [5, 5.41) is 3.16. The molecule has 1 fully saturated rings. The third-order valence-electron chi connectivity index (χ3n) is 3.08. The second-order valence-electron chi connectivity index (χ2n) is 4.57. The van der Waals surface area contributed by atoms with Gasteiger partial charge >= 0.3 is 0 Å². The maximum absolute atomic E-state index is 5.90. The van der Waals surface area contributed by atoms with Gasteiger partial charge in [-0.15, -0.1) is 11.3 Å². The summed E-state index contributed by atoms with van der Waals surface area (Å²) in [7, 11) is 0. The summed E-state index contributed by atoms with van der Waals surface area (Å²) < 4.78 is 0.773. The average molecular weight is 311 g/mol. The molecule has 0 unspecified atom stereocenters. The summed E-state index contributed by atoms with van der Waals surface area (Å²) in [4.78, 5) is 16.0. The molecule has 0 radical (unpaired) electrons. The molecule has 0 spiro atoms. The molecule has 2 aromatic heterocycles. The third kappa shape index (κ3) is 3.10. The van der Waals surface area contributed by atoms with Gasteiger partial charge in [0.1, 0.15) is 0 Å². The van der Waals surface area contributed by atoms with E-state index in [0.717, 1.165) is 22.3 Å². The second-order valence-corrected chi connectivity index (χ2v) is 6.37. The SMILES string of the molecule is Nc1nc(NCc2ccc(Cl)s2)nc(N2CCCC2)n1. The van der Waals surface area contributed by atoms with E-state index in [1.807, 2.05) is 12.1 Å². The standard InChI is InChI=1S/C12H15ClN6S/c13-9-4-3-8(20-9)7-15-11-16-10(14)17-12(18-11)19-5-1-2-6-19/h3-4H,1-2,5-7H2,(H3,14,15,16,17,18). The van der Waals surface area contributed by atoms with Gasteiger partial charge in [0.25, 0.3) is 0 Å². The first kappa shape index (κ1) is 13.4. The van der Waals surface area contributed by atoms with E-state index in [-0.39, 0.29) is 5.95 Å².